The minimum atomic E-state index is 0.0440. The Morgan fingerprint density at radius 1 is 1.28 bits per heavy atom. The summed E-state index contributed by atoms with van der Waals surface area (Å²) in [7, 11) is 0. The van der Waals surface area contributed by atoms with Crippen LogP contribution in [0.2, 0.25) is 0 Å². The molecule has 2 bridgehead atoms. The molecule has 0 radical (unpaired) electrons. The van der Waals surface area contributed by atoms with E-state index < -0.39 is 0 Å². The van der Waals surface area contributed by atoms with E-state index in [9.17, 15) is 4.79 Å². The van der Waals surface area contributed by atoms with E-state index in [1.165, 1.54) is 12.8 Å². The fraction of sp³-hybridized carbons (Fsp3) is 0.524. The first-order chi connectivity index (χ1) is 11.9. The van der Waals surface area contributed by atoms with Crippen molar-refractivity contribution in [2.75, 3.05) is 0 Å². The third-order valence-electron chi connectivity index (χ3n) is 7.04. The molecule has 2 saturated carbocycles. The predicted molar refractivity (Wildman–Crippen MR) is 96.8 cm³/mol. The second-order valence-electron chi connectivity index (χ2n) is 8.42. The van der Waals surface area contributed by atoms with Gasteiger partial charge in [-0.2, -0.15) is 0 Å². The van der Waals surface area contributed by atoms with Crippen molar-refractivity contribution in [1.29, 1.82) is 0 Å². The molecule has 132 valence electrons. The van der Waals surface area contributed by atoms with Gasteiger partial charge in [0, 0.05) is 11.6 Å². The number of carbonyl (C=O) groups is 1. The van der Waals surface area contributed by atoms with Crippen molar-refractivity contribution >= 4 is 5.91 Å². The van der Waals surface area contributed by atoms with Crippen LogP contribution in [-0.2, 0) is 11.2 Å². The van der Waals surface area contributed by atoms with Gasteiger partial charge >= 0.3 is 0 Å². The Balaban J connectivity index is 1.42. The average molecular weight is 338 g/mol. The lowest BCUT2D eigenvalue weighted by molar-refractivity contribution is -0.122. The van der Waals surface area contributed by atoms with Crippen molar-refractivity contribution in [3.05, 3.63) is 42.3 Å². The molecule has 1 aromatic carbocycles. The number of nitrogens with one attached hydrogen (secondary N) is 1. The van der Waals surface area contributed by atoms with E-state index in [1.807, 2.05) is 30.3 Å². The first kappa shape index (κ1) is 16.4. The Hall–Kier alpha value is -2.10. The monoisotopic (exact) mass is 338 g/mol. The van der Waals surface area contributed by atoms with Gasteiger partial charge in [0.15, 0.2) is 0 Å². The largest absolute Gasteiger partial charge is 0.444 e. The van der Waals surface area contributed by atoms with Crippen molar-refractivity contribution < 1.29 is 9.21 Å². The standard InChI is InChI=1S/C21H26N2O2/c1-20(2)15-9-10-21(20,3)17(11-15)23-18(24)12-16-13-25-19(22-16)14-7-5-4-6-8-14/h4-8,13,15,17H,9-12H2,1-3H3,(H,23,24). The molecule has 0 aliphatic heterocycles. The number of hydrogen-bond donors (Lipinski definition) is 1. The van der Waals surface area contributed by atoms with Crippen LogP contribution in [0.4, 0.5) is 0 Å². The highest BCUT2D eigenvalue weighted by Crippen LogP contribution is 2.65. The van der Waals surface area contributed by atoms with Crippen LogP contribution in [0.15, 0.2) is 41.0 Å². The number of rotatable bonds is 4. The minimum Gasteiger partial charge on any atom is -0.444 e. The molecule has 0 spiro atoms. The first-order valence-corrected chi connectivity index (χ1v) is 9.19. The molecule has 1 aromatic heterocycles. The molecule has 0 saturated heterocycles. The summed E-state index contributed by atoms with van der Waals surface area (Å²) in [5.41, 5.74) is 2.12. The molecule has 4 heteroatoms. The Morgan fingerprint density at radius 2 is 2.04 bits per heavy atom. The van der Waals surface area contributed by atoms with Crippen molar-refractivity contribution in [2.24, 2.45) is 16.7 Å². The number of amides is 1. The molecule has 2 fully saturated rings. The van der Waals surface area contributed by atoms with Crippen molar-refractivity contribution in [1.82, 2.24) is 10.3 Å². The lowest BCUT2D eigenvalue weighted by atomic mass is 9.69. The molecule has 3 atom stereocenters. The Labute approximate surface area is 149 Å². The van der Waals surface area contributed by atoms with Crippen LogP contribution in [0.1, 0.15) is 45.7 Å². The Bertz CT molecular complexity index is 780. The van der Waals surface area contributed by atoms with Gasteiger partial charge in [0.25, 0.3) is 0 Å². The zero-order valence-corrected chi connectivity index (χ0v) is 15.2. The van der Waals surface area contributed by atoms with E-state index in [4.69, 9.17) is 4.42 Å². The van der Waals surface area contributed by atoms with Crippen LogP contribution >= 0.6 is 0 Å². The zero-order chi connectivity index (χ0) is 17.7. The lowest BCUT2D eigenvalue weighted by Crippen LogP contribution is -2.47. The summed E-state index contributed by atoms with van der Waals surface area (Å²) in [5.74, 6) is 1.33. The average Bonchev–Trinajstić information content (AvgIpc) is 3.18. The SMILES string of the molecule is CC1(C)C2CCC1(C)C(NC(=O)Cc1coc(-c3ccccc3)n1)C2. The van der Waals surface area contributed by atoms with Gasteiger partial charge in [-0.25, -0.2) is 4.98 Å². The van der Waals surface area contributed by atoms with Crippen LogP contribution in [0.5, 0.6) is 0 Å². The Kier molecular flexibility index (Phi) is 3.75. The number of fused-ring (bicyclic) bond motifs is 2. The summed E-state index contributed by atoms with van der Waals surface area (Å²) in [4.78, 5) is 17.0. The van der Waals surface area contributed by atoms with Crippen molar-refractivity contribution in [3.63, 3.8) is 0 Å². The Morgan fingerprint density at radius 3 is 2.68 bits per heavy atom. The van der Waals surface area contributed by atoms with Crippen LogP contribution in [0.25, 0.3) is 11.5 Å². The summed E-state index contributed by atoms with van der Waals surface area (Å²) < 4.78 is 5.53. The summed E-state index contributed by atoms with van der Waals surface area (Å²) in [5, 5.41) is 3.28. The van der Waals surface area contributed by atoms with Crippen LogP contribution in [-0.4, -0.2) is 16.9 Å². The second-order valence-corrected chi connectivity index (χ2v) is 8.42. The van der Waals surface area contributed by atoms with E-state index in [-0.39, 0.29) is 23.8 Å². The third-order valence-corrected chi connectivity index (χ3v) is 7.04. The van der Waals surface area contributed by atoms with E-state index >= 15 is 0 Å². The molecule has 1 N–H and O–H groups in total. The van der Waals surface area contributed by atoms with Gasteiger partial charge in [0.1, 0.15) is 6.26 Å². The topological polar surface area (TPSA) is 55.1 Å². The van der Waals surface area contributed by atoms with Crippen LogP contribution < -0.4 is 5.32 Å². The van der Waals surface area contributed by atoms with Gasteiger partial charge in [-0.15, -0.1) is 0 Å². The molecule has 2 aliphatic carbocycles. The van der Waals surface area contributed by atoms with Gasteiger partial charge in [-0.3, -0.25) is 4.79 Å². The normalized spacial score (nSPS) is 29.7. The van der Waals surface area contributed by atoms with E-state index in [0.29, 0.717) is 17.0 Å². The number of aromatic nitrogens is 1. The smallest absolute Gasteiger partial charge is 0.226 e. The minimum absolute atomic E-state index is 0.0440. The maximum Gasteiger partial charge on any atom is 0.226 e. The van der Waals surface area contributed by atoms with E-state index in [0.717, 1.165) is 17.9 Å². The number of nitrogens with zero attached hydrogens (tertiary/aromatic N) is 1. The van der Waals surface area contributed by atoms with Crippen LogP contribution in [0.3, 0.4) is 0 Å². The molecule has 2 aromatic rings. The summed E-state index contributed by atoms with van der Waals surface area (Å²) in [6, 6.07) is 10.0. The van der Waals surface area contributed by atoms with Gasteiger partial charge in [0.05, 0.1) is 12.1 Å². The highest BCUT2D eigenvalue weighted by Gasteiger charge is 2.61. The summed E-state index contributed by atoms with van der Waals surface area (Å²) >= 11 is 0. The van der Waals surface area contributed by atoms with Crippen molar-refractivity contribution in [2.45, 2.75) is 52.5 Å². The van der Waals surface area contributed by atoms with Gasteiger partial charge in [-0.1, -0.05) is 39.0 Å². The fourth-order valence-corrected chi connectivity index (χ4v) is 4.93. The molecule has 3 unspecified atom stereocenters. The van der Waals surface area contributed by atoms with E-state index in [1.54, 1.807) is 6.26 Å². The van der Waals surface area contributed by atoms with Gasteiger partial charge in [-0.05, 0) is 48.1 Å². The predicted octanol–water partition coefficient (Wildman–Crippen LogP) is 4.22. The number of oxazole rings is 1. The second kappa shape index (κ2) is 5.72. The molecule has 4 nitrogen and oxygen atoms in total. The molecular weight excluding hydrogens is 312 g/mol. The van der Waals surface area contributed by atoms with Crippen molar-refractivity contribution in [3.8, 4) is 11.5 Å². The maximum absolute atomic E-state index is 12.6. The fourth-order valence-electron chi connectivity index (χ4n) is 4.93. The van der Waals surface area contributed by atoms with Crippen LogP contribution in [0, 0.1) is 16.7 Å². The third kappa shape index (κ3) is 2.59. The number of benzene rings is 1. The molecule has 4 rings (SSSR count). The molecule has 2 aliphatic rings. The lowest BCUT2D eigenvalue weighted by Gasteiger charge is -2.39. The number of hydrogen-bond acceptors (Lipinski definition) is 3. The number of carbonyl (C=O) groups excluding carboxylic acids is 1. The summed E-state index contributed by atoms with van der Waals surface area (Å²) in [6.45, 7) is 7.07. The molecular formula is C21H26N2O2. The highest BCUT2D eigenvalue weighted by molar-refractivity contribution is 5.78. The summed E-state index contributed by atoms with van der Waals surface area (Å²) in [6.07, 6.45) is 5.46. The molecule has 1 heterocycles. The van der Waals surface area contributed by atoms with Gasteiger partial charge < -0.3 is 9.73 Å². The first-order valence-electron chi connectivity index (χ1n) is 9.19. The molecule has 25 heavy (non-hydrogen) atoms. The maximum atomic E-state index is 12.6. The molecule has 1 amide bonds. The zero-order valence-electron chi connectivity index (χ0n) is 15.2. The highest BCUT2D eigenvalue weighted by atomic mass is 16.3. The quantitative estimate of drug-likeness (QED) is 0.908. The van der Waals surface area contributed by atoms with Gasteiger partial charge in [0.2, 0.25) is 11.8 Å². The van der Waals surface area contributed by atoms with E-state index in [2.05, 4.69) is 31.1 Å².